The van der Waals surface area contributed by atoms with Gasteiger partial charge in [-0.05, 0) is 29.0 Å². The first-order valence-electron chi connectivity index (χ1n) is 11.3. The molecule has 15 heteroatoms. The number of alkyl halides is 9. The van der Waals surface area contributed by atoms with E-state index in [2.05, 4.69) is 14.2 Å². The van der Waals surface area contributed by atoms with Gasteiger partial charge in [-0.15, -0.1) is 0 Å². The number of hydrogen-bond acceptors (Lipinski definition) is 5. The third-order valence-electron chi connectivity index (χ3n) is 6.21. The predicted octanol–water partition coefficient (Wildman–Crippen LogP) is 7.74. The molecule has 2 heterocycles. The fourth-order valence-electron chi connectivity index (χ4n) is 4.14. The number of aromatic nitrogens is 2. The maximum absolute atomic E-state index is 14.5. The van der Waals surface area contributed by atoms with Gasteiger partial charge in [0.25, 0.3) is 0 Å². The summed E-state index contributed by atoms with van der Waals surface area (Å²) in [6.07, 6.45) is -5.75. The standard InChI is InChI=1S/C26H13F9N2O3S/c27-23(28,25(31,32)33)24(29,30)26(34,35)41(38,39)40-19-12-10-14-4-1-2-6-17(14)20(19)18-11-9-16-8-7-15-5-3-13-36-21(15)22(16)37-18/h1-13H. The van der Waals surface area contributed by atoms with Gasteiger partial charge in [0.2, 0.25) is 0 Å². The Labute approximate surface area is 224 Å². The molecule has 0 fully saturated rings. The minimum Gasteiger partial charge on any atom is -0.377 e. The molecule has 0 aliphatic rings. The van der Waals surface area contributed by atoms with E-state index < -0.39 is 39.1 Å². The molecule has 41 heavy (non-hydrogen) atoms. The lowest BCUT2D eigenvalue weighted by Crippen LogP contribution is -2.63. The SMILES string of the molecule is O=S(=O)(Oc1ccc2ccccc2c1-c1ccc2ccc3cccnc3c2n1)C(F)(F)C(F)(F)C(F)(F)C(F)(F)F. The van der Waals surface area contributed by atoms with Crippen molar-refractivity contribution in [2.45, 2.75) is 23.3 Å². The fourth-order valence-corrected chi connectivity index (χ4v) is 5.06. The highest BCUT2D eigenvalue weighted by Crippen LogP contribution is 2.55. The van der Waals surface area contributed by atoms with E-state index >= 15 is 0 Å². The molecule has 0 amide bonds. The van der Waals surface area contributed by atoms with E-state index in [0.29, 0.717) is 21.7 Å². The Hall–Kier alpha value is -4.14. The number of fused-ring (bicyclic) bond motifs is 4. The number of pyridine rings is 2. The van der Waals surface area contributed by atoms with Crippen molar-refractivity contribution in [2.75, 3.05) is 0 Å². The Kier molecular flexibility index (Phi) is 6.36. The van der Waals surface area contributed by atoms with Crippen LogP contribution in [-0.4, -0.2) is 41.7 Å². The molecule has 5 aromatic rings. The van der Waals surface area contributed by atoms with Gasteiger partial charge in [0.1, 0.15) is 0 Å². The first-order chi connectivity index (χ1) is 19.0. The van der Waals surface area contributed by atoms with Crippen molar-refractivity contribution in [3.8, 4) is 17.0 Å². The molecule has 0 unspecified atom stereocenters. The van der Waals surface area contributed by atoms with Crippen molar-refractivity contribution < 1.29 is 52.1 Å². The molecule has 3 aromatic carbocycles. The molecular weight excluding hydrogens is 591 g/mol. The summed E-state index contributed by atoms with van der Waals surface area (Å²) < 4.78 is 150. The van der Waals surface area contributed by atoms with Gasteiger partial charge in [0, 0.05) is 17.0 Å². The summed E-state index contributed by atoms with van der Waals surface area (Å²) in [6.45, 7) is 0. The van der Waals surface area contributed by atoms with E-state index in [1.165, 1.54) is 36.5 Å². The molecule has 2 aromatic heterocycles. The molecule has 5 rings (SSSR count). The van der Waals surface area contributed by atoms with Crippen LogP contribution in [0.1, 0.15) is 0 Å². The van der Waals surface area contributed by atoms with E-state index in [1.54, 1.807) is 30.3 Å². The van der Waals surface area contributed by atoms with Gasteiger partial charge < -0.3 is 4.18 Å². The summed E-state index contributed by atoms with van der Waals surface area (Å²) in [7, 11) is -7.19. The van der Waals surface area contributed by atoms with Crippen molar-refractivity contribution in [2.24, 2.45) is 0 Å². The van der Waals surface area contributed by atoms with Crippen LogP contribution in [0.5, 0.6) is 5.75 Å². The van der Waals surface area contributed by atoms with E-state index in [9.17, 15) is 47.9 Å². The zero-order valence-electron chi connectivity index (χ0n) is 19.9. The van der Waals surface area contributed by atoms with Crippen LogP contribution in [0.15, 0.2) is 79.0 Å². The van der Waals surface area contributed by atoms with Crippen LogP contribution in [-0.2, 0) is 10.1 Å². The van der Waals surface area contributed by atoms with E-state index in [4.69, 9.17) is 0 Å². The van der Waals surface area contributed by atoms with Gasteiger partial charge in [-0.3, -0.25) is 4.98 Å². The molecule has 0 atom stereocenters. The summed E-state index contributed by atoms with van der Waals surface area (Å²) in [5.41, 5.74) is 0.184. The van der Waals surface area contributed by atoms with Crippen molar-refractivity contribution in [3.63, 3.8) is 0 Å². The summed E-state index contributed by atoms with van der Waals surface area (Å²) in [5, 5.41) is -5.36. The second-order valence-corrected chi connectivity index (χ2v) is 10.4. The Morgan fingerprint density at radius 2 is 1.22 bits per heavy atom. The first kappa shape index (κ1) is 28.4. The Balaban J connectivity index is 1.71. The average Bonchev–Trinajstić information content (AvgIpc) is 2.91. The molecule has 0 radical (unpaired) electrons. The molecule has 0 spiro atoms. The maximum atomic E-state index is 14.5. The summed E-state index contributed by atoms with van der Waals surface area (Å²) in [5.74, 6) is -15.9. The first-order valence-corrected chi connectivity index (χ1v) is 12.7. The highest BCUT2D eigenvalue weighted by atomic mass is 32.2. The Bertz CT molecular complexity index is 1930. The third kappa shape index (κ3) is 4.29. The van der Waals surface area contributed by atoms with Crippen LogP contribution in [0.4, 0.5) is 39.5 Å². The maximum Gasteiger partial charge on any atom is 0.460 e. The van der Waals surface area contributed by atoms with Crippen molar-refractivity contribution in [3.05, 3.63) is 79.0 Å². The second kappa shape index (κ2) is 9.19. The lowest BCUT2D eigenvalue weighted by molar-refractivity contribution is -0.382. The molecular formula is C26H13F9N2O3S. The van der Waals surface area contributed by atoms with Gasteiger partial charge >= 0.3 is 33.4 Å². The molecule has 0 N–H and O–H groups in total. The van der Waals surface area contributed by atoms with Crippen LogP contribution in [0.25, 0.3) is 43.8 Å². The van der Waals surface area contributed by atoms with Gasteiger partial charge in [-0.25, -0.2) is 4.98 Å². The molecule has 0 bridgehead atoms. The van der Waals surface area contributed by atoms with Crippen LogP contribution in [0.2, 0.25) is 0 Å². The van der Waals surface area contributed by atoms with Crippen LogP contribution < -0.4 is 4.18 Å². The van der Waals surface area contributed by atoms with Gasteiger partial charge in [0.15, 0.2) is 5.75 Å². The lowest BCUT2D eigenvalue weighted by atomic mass is 10.00. The third-order valence-corrected chi connectivity index (χ3v) is 7.49. The number of halogens is 9. The second-order valence-electron chi connectivity index (χ2n) is 8.77. The molecule has 0 aliphatic heterocycles. The monoisotopic (exact) mass is 604 g/mol. The number of rotatable bonds is 6. The fraction of sp³-hybridized carbons (Fsp3) is 0.154. The Morgan fingerprint density at radius 1 is 0.634 bits per heavy atom. The zero-order valence-corrected chi connectivity index (χ0v) is 20.8. The molecule has 0 aliphatic carbocycles. The van der Waals surface area contributed by atoms with Crippen molar-refractivity contribution in [1.29, 1.82) is 0 Å². The van der Waals surface area contributed by atoms with Gasteiger partial charge in [-0.2, -0.15) is 47.9 Å². The molecule has 214 valence electrons. The van der Waals surface area contributed by atoms with E-state index in [0.717, 1.165) is 12.1 Å². The van der Waals surface area contributed by atoms with Crippen LogP contribution in [0, 0.1) is 0 Å². The molecule has 0 saturated carbocycles. The Morgan fingerprint density at radius 3 is 1.90 bits per heavy atom. The predicted molar refractivity (Wildman–Crippen MR) is 130 cm³/mol. The zero-order chi connectivity index (χ0) is 30.0. The minimum atomic E-state index is -7.44. The molecule has 0 saturated heterocycles. The highest BCUT2D eigenvalue weighted by Gasteiger charge is 2.86. The minimum absolute atomic E-state index is 0.107. The van der Waals surface area contributed by atoms with Gasteiger partial charge in [-0.1, -0.05) is 54.6 Å². The largest absolute Gasteiger partial charge is 0.460 e. The number of hydrogen-bond donors (Lipinski definition) is 0. The normalized spacial score (nSPS) is 13.7. The lowest BCUT2D eigenvalue weighted by Gasteiger charge is -2.32. The molecule has 5 nitrogen and oxygen atoms in total. The van der Waals surface area contributed by atoms with E-state index in [-0.39, 0.29) is 22.2 Å². The van der Waals surface area contributed by atoms with Crippen LogP contribution in [0.3, 0.4) is 0 Å². The van der Waals surface area contributed by atoms with E-state index in [1.807, 2.05) is 0 Å². The van der Waals surface area contributed by atoms with Crippen molar-refractivity contribution >= 4 is 42.7 Å². The quantitative estimate of drug-likeness (QED) is 0.113. The number of nitrogens with zero attached hydrogens (tertiary/aromatic N) is 2. The summed E-state index contributed by atoms with van der Waals surface area (Å²) in [6, 6.07) is 17.4. The average molecular weight is 604 g/mol. The summed E-state index contributed by atoms with van der Waals surface area (Å²) >= 11 is 0. The highest BCUT2D eigenvalue weighted by molar-refractivity contribution is 7.88. The smallest absolute Gasteiger partial charge is 0.377 e. The summed E-state index contributed by atoms with van der Waals surface area (Å²) in [4.78, 5) is 8.71. The topological polar surface area (TPSA) is 69.2 Å². The van der Waals surface area contributed by atoms with Gasteiger partial charge in [0.05, 0.1) is 22.3 Å². The van der Waals surface area contributed by atoms with Crippen LogP contribution >= 0.6 is 0 Å². The van der Waals surface area contributed by atoms with Crippen molar-refractivity contribution in [1.82, 2.24) is 9.97 Å². The number of benzene rings is 3.